The lowest BCUT2D eigenvalue weighted by Gasteiger charge is -2.21. The quantitative estimate of drug-likeness (QED) is 0.655. The molecule has 0 radical (unpaired) electrons. The molecule has 2 rings (SSSR count). The van der Waals surface area contributed by atoms with Crippen LogP contribution >= 0.6 is 0 Å². The summed E-state index contributed by atoms with van der Waals surface area (Å²) in [5.74, 6) is -0.186. The van der Waals surface area contributed by atoms with Crippen LogP contribution in [0.3, 0.4) is 0 Å². The number of nitrogens with one attached hydrogen (secondary N) is 1. The summed E-state index contributed by atoms with van der Waals surface area (Å²) in [6.07, 6.45) is 0.238. The van der Waals surface area contributed by atoms with Crippen LogP contribution in [0.5, 0.6) is 5.75 Å². The predicted octanol–water partition coefficient (Wildman–Crippen LogP) is 3.28. The van der Waals surface area contributed by atoms with Gasteiger partial charge in [-0.2, -0.15) is 0 Å². The number of ether oxygens (including phenoxy) is 1. The minimum atomic E-state index is -0.680. The molecule has 0 spiro atoms. The lowest BCUT2D eigenvalue weighted by molar-refractivity contribution is -0.140. The van der Waals surface area contributed by atoms with Crippen molar-refractivity contribution in [2.75, 3.05) is 0 Å². The third kappa shape index (κ3) is 4.95. The first-order chi connectivity index (χ1) is 11.5. The summed E-state index contributed by atoms with van der Waals surface area (Å²) >= 11 is 0. The molecule has 0 aliphatic carbocycles. The summed E-state index contributed by atoms with van der Waals surface area (Å²) in [5, 5.41) is 2.79. The van der Waals surface area contributed by atoms with Gasteiger partial charge in [-0.1, -0.05) is 62.4 Å². The molecule has 2 aromatic rings. The normalized spacial score (nSPS) is 11.8. The maximum Gasteiger partial charge on any atom is 0.334 e. The van der Waals surface area contributed by atoms with Crippen LogP contribution in [0.25, 0.3) is 0 Å². The number of carbonyl (C=O) groups excluding carboxylic acids is 2. The van der Waals surface area contributed by atoms with Crippen molar-refractivity contribution in [3.05, 3.63) is 65.7 Å². The van der Waals surface area contributed by atoms with Crippen LogP contribution in [0.15, 0.2) is 54.6 Å². The molecule has 4 heteroatoms. The largest absolute Gasteiger partial charge is 0.425 e. The predicted molar refractivity (Wildman–Crippen MR) is 93.7 cm³/mol. The monoisotopic (exact) mass is 325 g/mol. The van der Waals surface area contributed by atoms with Crippen molar-refractivity contribution in [2.45, 2.75) is 33.2 Å². The molecule has 2 aromatic carbocycles. The first-order valence-corrected chi connectivity index (χ1v) is 8.08. The van der Waals surface area contributed by atoms with E-state index in [0.29, 0.717) is 5.75 Å². The molecule has 0 bridgehead atoms. The highest BCUT2D eigenvalue weighted by atomic mass is 16.5. The zero-order valence-corrected chi connectivity index (χ0v) is 14.3. The van der Waals surface area contributed by atoms with Gasteiger partial charge < -0.3 is 10.1 Å². The van der Waals surface area contributed by atoms with Gasteiger partial charge in [0.15, 0.2) is 0 Å². The Morgan fingerprint density at radius 2 is 1.62 bits per heavy atom. The van der Waals surface area contributed by atoms with E-state index in [-0.39, 0.29) is 18.2 Å². The lowest BCUT2D eigenvalue weighted by Crippen LogP contribution is -2.47. The molecule has 0 aromatic heterocycles. The minimum absolute atomic E-state index is 0.0683. The van der Waals surface area contributed by atoms with Gasteiger partial charge in [-0.3, -0.25) is 4.79 Å². The molecular weight excluding hydrogens is 302 g/mol. The first kappa shape index (κ1) is 17.7. The number of hydrogen-bond donors (Lipinski definition) is 1. The van der Waals surface area contributed by atoms with E-state index in [1.165, 1.54) is 0 Å². The summed E-state index contributed by atoms with van der Waals surface area (Å²) in [4.78, 5) is 24.7. The Labute approximate surface area is 142 Å². The summed E-state index contributed by atoms with van der Waals surface area (Å²) in [6.45, 7) is 5.64. The van der Waals surface area contributed by atoms with Crippen LogP contribution in [0.4, 0.5) is 0 Å². The number of hydrogen-bond acceptors (Lipinski definition) is 3. The van der Waals surface area contributed by atoms with E-state index in [1.54, 1.807) is 6.07 Å². The van der Waals surface area contributed by atoms with Gasteiger partial charge in [0.05, 0.1) is 6.42 Å². The molecule has 126 valence electrons. The third-order valence-corrected chi connectivity index (χ3v) is 3.75. The Morgan fingerprint density at radius 3 is 2.25 bits per heavy atom. The topological polar surface area (TPSA) is 55.4 Å². The van der Waals surface area contributed by atoms with Crippen molar-refractivity contribution in [2.24, 2.45) is 5.92 Å². The summed E-state index contributed by atoms with van der Waals surface area (Å²) in [7, 11) is 0. The minimum Gasteiger partial charge on any atom is -0.425 e. The van der Waals surface area contributed by atoms with Gasteiger partial charge in [-0.05, 0) is 30.0 Å². The molecule has 0 saturated heterocycles. The number of para-hydroxylation sites is 1. The van der Waals surface area contributed by atoms with E-state index in [0.717, 1.165) is 11.1 Å². The average molecular weight is 325 g/mol. The first-order valence-electron chi connectivity index (χ1n) is 8.08. The van der Waals surface area contributed by atoms with E-state index in [4.69, 9.17) is 4.74 Å². The summed E-state index contributed by atoms with van der Waals surface area (Å²) in [5.41, 5.74) is 1.79. The second-order valence-corrected chi connectivity index (χ2v) is 6.14. The number of carbonyl (C=O) groups is 2. The molecule has 0 heterocycles. The lowest BCUT2D eigenvalue weighted by atomic mass is 10.0. The molecule has 1 unspecified atom stereocenters. The van der Waals surface area contributed by atoms with E-state index >= 15 is 0 Å². The van der Waals surface area contributed by atoms with Crippen LogP contribution in [0.2, 0.25) is 0 Å². The van der Waals surface area contributed by atoms with E-state index in [2.05, 4.69) is 5.32 Å². The van der Waals surface area contributed by atoms with Crippen LogP contribution in [0, 0.1) is 12.8 Å². The number of esters is 1. The fourth-order valence-corrected chi connectivity index (χ4v) is 2.35. The number of benzene rings is 2. The van der Waals surface area contributed by atoms with Gasteiger partial charge in [0.1, 0.15) is 11.8 Å². The molecular formula is C20H23NO3. The molecule has 0 saturated carbocycles. The van der Waals surface area contributed by atoms with Crippen molar-refractivity contribution < 1.29 is 14.3 Å². The van der Waals surface area contributed by atoms with Gasteiger partial charge >= 0.3 is 5.97 Å². The van der Waals surface area contributed by atoms with Crippen molar-refractivity contribution in [3.63, 3.8) is 0 Å². The zero-order chi connectivity index (χ0) is 17.5. The maximum absolute atomic E-state index is 12.5. The Bertz CT molecular complexity index is 695. The molecule has 0 aliphatic heterocycles. The SMILES string of the molecule is Cc1ccccc1OC(=O)C(NC(=O)Cc1ccccc1)C(C)C. The van der Waals surface area contributed by atoms with Gasteiger partial charge in [-0.25, -0.2) is 4.79 Å². The Morgan fingerprint density at radius 1 is 1.00 bits per heavy atom. The van der Waals surface area contributed by atoms with Crippen LogP contribution in [0.1, 0.15) is 25.0 Å². The molecule has 1 amide bonds. The molecule has 1 atom stereocenters. The number of rotatable bonds is 6. The second kappa shape index (κ2) is 8.29. The zero-order valence-electron chi connectivity index (χ0n) is 14.3. The standard InChI is InChI=1S/C20H23NO3/c1-14(2)19(20(23)24-17-12-8-7-9-15(17)3)21-18(22)13-16-10-5-4-6-11-16/h4-12,14,19H,13H2,1-3H3,(H,21,22). The fourth-order valence-electron chi connectivity index (χ4n) is 2.35. The Hall–Kier alpha value is -2.62. The van der Waals surface area contributed by atoms with E-state index in [1.807, 2.05) is 69.3 Å². The van der Waals surface area contributed by atoms with Crippen molar-refractivity contribution in [3.8, 4) is 5.75 Å². The van der Waals surface area contributed by atoms with Crippen molar-refractivity contribution in [1.82, 2.24) is 5.32 Å². The van der Waals surface area contributed by atoms with Crippen LogP contribution < -0.4 is 10.1 Å². The van der Waals surface area contributed by atoms with Gasteiger partial charge in [0.2, 0.25) is 5.91 Å². The smallest absolute Gasteiger partial charge is 0.334 e. The van der Waals surface area contributed by atoms with Crippen LogP contribution in [-0.4, -0.2) is 17.9 Å². The highest BCUT2D eigenvalue weighted by Gasteiger charge is 2.26. The van der Waals surface area contributed by atoms with Crippen molar-refractivity contribution >= 4 is 11.9 Å². The fraction of sp³-hybridized carbons (Fsp3) is 0.300. The summed E-state index contributed by atoms with van der Waals surface area (Å²) < 4.78 is 5.47. The second-order valence-electron chi connectivity index (χ2n) is 6.14. The van der Waals surface area contributed by atoms with Crippen molar-refractivity contribution in [1.29, 1.82) is 0 Å². The molecule has 4 nitrogen and oxygen atoms in total. The number of amides is 1. The Kier molecular flexibility index (Phi) is 6.13. The number of aryl methyl sites for hydroxylation is 1. The highest BCUT2D eigenvalue weighted by molar-refractivity contribution is 5.86. The Balaban J connectivity index is 2.02. The van der Waals surface area contributed by atoms with Crippen LogP contribution in [-0.2, 0) is 16.0 Å². The highest BCUT2D eigenvalue weighted by Crippen LogP contribution is 2.18. The molecule has 1 N–H and O–H groups in total. The molecule has 0 fully saturated rings. The van der Waals surface area contributed by atoms with Gasteiger partial charge in [0.25, 0.3) is 0 Å². The third-order valence-electron chi connectivity index (χ3n) is 3.75. The van der Waals surface area contributed by atoms with Gasteiger partial charge in [0, 0.05) is 0 Å². The maximum atomic E-state index is 12.5. The van der Waals surface area contributed by atoms with Gasteiger partial charge in [-0.15, -0.1) is 0 Å². The summed E-state index contributed by atoms with van der Waals surface area (Å²) in [6, 6.07) is 16.1. The average Bonchev–Trinajstić information content (AvgIpc) is 2.55. The van der Waals surface area contributed by atoms with E-state index in [9.17, 15) is 9.59 Å². The van der Waals surface area contributed by atoms with E-state index < -0.39 is 12.0 Å². The molecule has 24 heavy (non-hydrogen) atoms. The molecule has 0 aliphatic rings.